The number of piperidine rings is 1. The first-order valence-electron chi connectivity index (χ1n) is 9.64. The molecule has 2 aromatic heterocycles. The molecule has 0 bridgehead atoms. The van der Waals surface area contributed by atoms with Crippen molar-refractivity contribution in [2.24, 2.45) is 0 Å². The lowest BCUT2D eigenvalue weighted by molar-refractivity contribution is -0.0714. The SMILES string of the molecule is CC(C)n1nc(-c2cnc(N)c(C#N)c2)cc1C1CCN(C2COC2)CC1. The summed E-state index contributed by atoms with van der Waals surface area (Å²) in [7, 11) is 0. The van der Waals surface area contributed by atoms with E-state index in [2.05, 4.69) is 40.5 Å². The Kier molecular flexibility index (Phi) is 4.85. The number of nitriles is 1. The number of likely N-dealkylation sites (tertiary alicyclic amines) is 1. The molecule has 4 heterocycles. The second-order valence-corrected chi connectivity index (χ2v) is 7.76. The number of aromatic nitrogens is 3. The van der Waals surface area contributed by atoms with E-state index in [4.69, 9.17) is 15.6 Å². The van der Waals surface area contributed by atoms with Gasteiger partial charge >= 0.3 is 0 Å². The molecular weight excluding hydrogens is 340 g/mol. The number of hydrogen-bond donors (Lipinski definition) is 1. The third-order valence-corrected chi connectivity index (χ3v) is 5.67. The van der Waals surface area contributed by atoms with Crippen LogP contribution in [0.3, 0.4) is 0 Å². The van der Waals surface area contributed by atoms with Crippen LogP contribution in [0.15, 0.2) is 18.3 Å². The minimum absolute atomic E-state index is 0.261. The van der Waals surface area contributed by atoms with Gasteiger partial charge in [0, 0.05) is 29.4 Å². The van der Waals surface area contributed by atoms with Gasteiger partial charge in [0.15, 0.2) is 0 Å². The molecule has 0 saturated carbocycles. The molecule has 2 saturated heterocycles. The van der Waals surface area contributed by atoms with Gasteiger partial charge in [0.05, 0.1) is 30.5 Å². The van der Waals surface area contributed by atoms with Crippen molar-refractivity contribution in [2.45, 2.75) is 44.7 Å². The van der Waals surface area contributed by atoms with Crippen molar-refractivity contribution in [3.05, 3.63) is 29.6 Å². The second-order valence-electron chi connectivity index (χ2n) is 7.76. The van der Waals surface area contributed by atoms with Crippen LogP contribution >= 0.6 is 0 Å². The van der Waals surface area contributed by atoms with Crippen molar-refractivity contribution in [2.75, 3.05) is 32.0 Å². The van der Waals surface area contributed by atoms with Crippen LogP contribution in [0.2, 0.25) is 0 Å². The van der Waals surface area contributed by atoms with Gasteiger partial charge in [0.2, 0.25) is 0 Å². The highest BCUT2D eigenvalue weighted by atomic mass is 16.5. The molecule has 2 N–H and O–H groups in total. The fourth-order valence-corrected chi connectivity index (χ4v) is 3.97. The fraction of sp³-hybridized carbons (Fsp3) is 0.550. The summed E-state index contributed by atoms with van der Waals surface area (Å²) >= 11 is 0. The van der Waals surface area contributed by atoms with E-state index in [1.807, 2.05) is 0 Å². The minimum atomic E-state index is 0.261. The molecule has 0 amide bonds. The molecule has 0 spiro atoms. The number of nitrogen functional groups attached to an aromatic ring is 1. The van der Waals surface area contributed by atoms with E-state index >= 15 is 0 Å². The van der Waals surface area contributed by atoms with Gasteiger partial charge < -0.3 is 10.5 Å². The van der Waals surface area contributed by atoms with Gasteiger partial charge in [0.25, 0.3) is 0 Å². The smallest absolute Gasteiger partial charge is 0.141 e. The van der Waals surface area contributed by atoms with Crippen LogP contribution in [0.4, 0.5) is 5.82 Å². The van der Waals surface area contributed by atoms with Crippen LogP contribution < -0.4 is 5.73 Å². The van der Waals surface area contributed by atoms with E-state index in [0.29, 0.717) is 17.5 Å². The number of nitrogens with two attached hydrogens (primary N) is 1. The summed E-state index contributed by atoms with van der Waals surface area (Å²) < 4.78 is 7.47. The number of hydrogen-bond acceptors (Lipinski definition) is 6. The third kappa shape index (κ3) is 3.43. The Hall–Kier alpha value is -2.43. The van der Waals surface area contributed by atoms with Gasteiger partial charge in [-0.15, -0.1) is 0 Å². The van der Waals surface area contributed by atoms with Crippen molar-refractivity contribution in [3.63, 3.8) is 0 Å². The molecule has 4 rings (SSSR count). The predicted molar refractivity (Wildman–Crippen MR) is 103 cm³/mol. The first-order valence-corrected chi connectivity index (χ1v) is 9.64. The van der Waals surface area contributed by atoms with E-state index in [1.54, 1.807) is 12.3 Å². The van der Waals surface area contributed by atoms with Crippen LogP contribution in [-0.4, -0.2) is 52.0 Å². The molecule has 7 heteroatoms. The summed E-state index contributed by atoms with van der Waals surface area (Å²) in [5.74, 6) is 0.764. The Bertz CT molecular complexity index is 856. The molecule has 2 aliphatic heterocycles. The van der Waals surface area contributed by atoms with Crippen molar-refractivity contribution in [1.82, 2.24) is 19.7 Å². The molecule has 0 radical (unpaired) electrons. The Balaban J connectivity index is 1.59. The van der Waals surface area contributed by atoms with E-state index in [-0.39, 0.29) is 11.9 Å². The first-order chi connectivity index (χ1) is 13.1. The van der Waals surface area contributed by atoms with Gasteiger partial charge in [-0.1, -0.05) is 0 Å². The van der Waals surface area contributed by atoms with Crippen LogP contribution in [0, 0.1) is 11.3 Å². The number of nitrogens with zero attached hydrogens (tertiary/aromatic N) is 5. The van der Waals surface area contributed by atoms with Crippen LogP contribution in [-0.2, 0) is 4.74 Å². The van der Waals surface area contributed by atoms with E-state index < -0.39 is 0 Å². The maximum absolute atomic E-state index is 9.23. The molecular formula is C20H26N6O. The number of rotatable bonds is 4. The average Bonchev–Trinajstić information content (AvgIpc) is 3.07. The third-order valence-electron chi connectivity index (χ3n) is 5.67. The van der Waals surface area contributed by atoms with E-state index in [9.17, 15) is 5.26 Å². The van der Waals surface area contributed by atoms with Gasteiger partial charge in [0.1, 0.15) is 11.9 Å². The zero-order chi connectivity index (χ0) is 19.0. The van der Waals surface area contributed by atoms with Crippen molar-refractivity contribution >= 4 is 5.82 Å². The summed E-state index contributed by atoms with van der Waals surface area (Å²) in [5, 5.41) is 14.1. The normalized spacial score (nSPS) is 19.2. The van der Waals surface area contributed by atoms with Crippen molar-refractivity contribution < 1.29 is 4.74 Å². The van der Waals surface area contributed by atoms with Crippen LogP contribution in [0.5, 0.6) is 0 Å². The molecule has 27 heavy (non-hydrogen) atoms. The maximum Gasteiger partial charge on any atom is 0.141 e. The monoisotopic (exact) mass is 366 g/mol. The maximum atomic E-state index is 9.23. The standard InChI is InChI=1S/C20H26N6O/c1-13(2)26-19(14-3-5-25(6-4-14)17-11-27-12-17)8-18(24-26)16-7-15(9-21)20(22)23-10-16/h7-8,10,13-14,17H,3-6,11-12H2,1-2H3,(H2,22,23). The largest absolute Gasteiger partial charge is 0.383 e. The van der Waals surface area contributed by atoms with Crippen molar-refractivity contribution in [1.29, 1.82) is 5.26 Å². The lowest BCUT2D eigenvalue weighted by Crippen LogP contribution is -2.51. The predicted octanol–water partition coefficient (Wildman–Crippen LogP) is 2.56. The lowest BCUT2D eigenvalue weighted by Gasteiger charge is -2.41. The first kappa shape index (κ1) is 18.0. The molecule has 142 valence electrons. The highest BCUT2D eigenvalue weighted by Crippen LogP contribution is 2.34. The summed E-state index contributed by atoms with van der Waals surface area (Å²) in [4.78, 5) is 6.71. The molecule has 7 nitrogen and oxygen atoms in total. The quantitative estimate of drug-likeness (QED) is 0.894. The summed E-state index contributed by atoms with van der Waals surface area (Å²) in [6.45, 7) is 8.29. The zero-order valence-electron chi connectivity index (χ0n) is 15.9. The van der Waals surface area contributed by atoms with Crippen molar-refractivity contribution in [3.8, 4) is 17.3 Å². The summed E-state index contributed by atoms with van der Waals surface area (Å²) in [6.07, 6.45) is 3.97. The van der Waals surface area contributed by atoms with Gasteiger partial charge in [-0.05, 0) is 51.9 Å². The summed E-state index contributed by atoms with van der Waals surface area (Å²) in [6, 6.07) is 6.94. The fourth-order valence-electron chi connectivity index (χ4n) is 3.97. The zero-order valence-corrected chi connectivity index (χ0v) is 15.9. The summed E-state index contributed by atoms with van der Waals surface area (Å²) in [5.41, 5.74) is 9.13. The molecule has 2 aliphatic rings. The highest BCUT2D eigenvalue weighted by Gasteiger charge is 2.31. The molecule has 0 atom stereocenters. The van der Waals surface area contributed by atoms with E-state index in [1.165, 1.54) is 5.69 Å². The molecule has 2 fully saturated rings. The van der Waals surface area contributed by atoms with Gasteiger partial charge in [-0.2, -0.15) is 10.4 Å². The number of ether oxygens (including phenoxy) is 1. The number of pyridine rings is 1. The lowest BCUT2D eigenvalue weighted by atomic mass is 9.91. The molecule has 0 unspecified atom stereocenters. The van der Waals surface area contributed by atoms with Crippen LogP contribution in [0.25, 0.3) is 11.3 Å². The van der Waals surface area contributed by atoms with Gasteiger partial charge in [-0.3, -0.25) is 9.58 Å². The molecule has 0 aromatic carbocycles. The molecule has 0 aliphatic carbocycles. The Labute approximate surface area is 159 Å². The number of anilines is 1. The second kappa shape index (κ2) is 7.29. The highest BCUT2D eigenvalue weighted by molar-refractivity contribution is 5.64. The van der Waals surface area contributed by atoms with Gasteiger partial charge in [-0.25, -0.2) is 4.98 Å². The topological polar surface area (TPSA) is 93.0 Å². The average molecular weight is 366 g/mol. The Morgan fingerprint density at radius 2 is 2.00 bits per heavy atom. The Morgan fingerprint density at radius 3 is 2.59 bits per heavy atom. The minimum Gasteiger partial charge on any atom is -0.383 e. The Morgan fingerprint density at radius 1 is 1.26 bits per heavy atom. The molecule has 2 aromatic rings. The van der Waals surface area contributed by atoms with E-state index in [0.717, 1.165) is 50.4 Å². The van der Waals surface area contributed by atoms with Crippen LogP contribution in [0.1, 0.15) is 49.9 Å².